The van der Waals surface area contributed by atoms with E-state index in [0.717, 1.165) is 50.0 Å². The van der Waals surface area contributed by atoms with Crippen LogP contribution in [0.4, 0.5) is 0 Å². The maximum atomic E-state index is 9.89. The van der Waals surface area contributed by atoms with Gasteiger partial charge < -0.3 is 14.6 Å². The normalized spacial score (nSPS) is 26.9. The van der Waals surface area contributed by atoms with Gasteiger partial charge in [-0.15, -0.1) is 0 Å². The van der Waals surface area contributed by atoms with Gasteiger partial charge in [0, 0.05) is 6.61 Å². The molecule has 1 aromatic carbocycles. The highest BCUT2D eigenvalue weighted by Crippen LogP contribution is 2.32. The van der Waals surface area contributed by atoms with Crippen molar-refractivity contribution < 1.29 is 14.6 Å². The summed E-state index contributed by atoms with van der Waals surface area (Å²) in [7, 11) is 0. The van der Waals surface area contributed by atoms with Crippen LogP contribution < -0.4 is 4.74 Å². The first kappa shape index (κ1) is 12.0. The molecule has 0 saturated carbocycles. The number of fused-ring (bicyclic) bond motifs is 1. The minimum atomic E-state index is -0.291. The summed E-state index contributed by atoms with van der Waals surface area (Å²) in [6.45, 7) is 1.51. The van der Waals surface area contributed by atoms with Crippen LogP contribution >= 0.6 is 0 Å². The highest BCUT2D eigenvalue weighted by atomic mass is 16.5. The molecule has 2 unspecified atom stereocenters. The van der Waals surface area contributed by atoms with E-state index >= 15 is 0 Å². The summed E-state index contributed by atoms with van der Waals surface area (Å²) in [4.78, 5) is 0. The lowest BCUT2D eigenvalue weighted by Gasteiger charge is -2.22. The first-order chi connectivity index (χ1) is 8.83. The van der Waals surface area contributed by atoms with Crippen molar-refractivity contribution in [3.8, 4) is 5.75 Å². The Kier molecular flexibility index (Phi) is 3.52. The number of aliphatic hydroxyl groups excluding tert-OH is 1. The van der Waals surface area contributed by atoms with Gasteiger partial charge in [-0.25, -0.2) is 0 Å². The molecule has 3 heteroatoms. The predicted molar refractivity (Wildman–Crippen MR) is 68.8 cm³/mol. The maximum Gasteiger partial charge on any atom is 0.119 e. The monoisotopic (exact) mass is 248 g/mol. The zero-order valence-electron chi connectivity index (χ0n) is 10.6. The SMILES string of the molecule is OC1CCCc2cc(OCC3CCCO3)ccc21. The second-order valence-corrected chi connectivity index (χ2v) is 5.21. The Hall–Kier alpha value is -1.06. The molecule has 0 radical (unpaired) electrons. The van der Waals surface area contributed by atoms with Gasteiger partial charge in [-0.3, -0.25) is 0 Å². The zero-order chi connectivity index (χ0) is 12.4. The lowest BCUT2D eigenvalue weighted by molar-refractivity contribution is 0.0678. The van der Waals surface area contributed by atoms with E-state index in [4.69, 9.17) is 9.47 Å². The lowest BCUT2D eigenvalue weighted by atomic mass is 9.89. The van der Waals surface area contributed by atoms with Gasteiger partial charge in [0.15, 0.2) is 0 Å². The van der Waals surface area contributed by atoms with E-state index in [9.17, 15) is 5.11 Å². The van der Waals surface area contributed by atoms with Gasteiger partial charge in [0.2, 0.25) is 0 Å². The van der Waals surface area contributed by atoms with Crippen LogP contribution in [-0.2, 0) is 11.2 Å². The van der Waals surface area contributed by atoms with Gasteiger partial charge in [0.1, 0.15) is 12.4 Å². The molecular weight excluding hydrogens is 228 g/mol. The molecule has 0 bridgehead atoms. The van der Waals surface area contributed by atoms with E-state index in [0.29, 0.717) is 6.61 Å². The van der Waals surface area contributed by atoms with Crippen molar-refractivity contribution in [2.45, 2.75) is 44.3 Å². The number of aliphatic hydroxyl groups is 1. The number of aryl methyl sites for hydroxylation is 1. The van der Waals surface area contributed by atoms with Crippen molar-refractivity contribution in [1.82, 2.24) is 0 Å². The highest BCUT2D eigenvalue weighted by molar-refractivity contribution is 5.38. The van der Waals surface area contributed by atoms with Crippen molar-refractivity contribution in [2.24, 2.45) is 0 Å². The second-order valence-electron chi connectivity index (χ2n) is 5.21. The second kappa shape index (κ2) is 5.29. The minimum absolute atomic E-state index is 0.256. The Bertz CT molecular complexity index is 410. The predicted octanol–water partition coefficient (Wildman–Crippen LogP) is 2.61. The van der Waals surface area contributed by atoms with Crippen molar-refractivity contribution in [1.29, 1.82) is 0 Å². The minimum Gasteiger partial charge on any atom is -0.491 e. The molecule has 1 aliphatic heterocycles. The average molecular weight is 248 g/mol. The fourth-order valence-corrected chi connectivity index (χ4v) is 2.82. The van der Waals surface area contributed by atoms with E-state index in [-0.39, 0.29) is 12.2 Å². The standard InChI is InChI=1S/C15H20O3/c16-15-5-1-3-11-9-12(6-7-14(11)15)18-10-13-4-2-8-17-13/h6-7,9,13,15-16H,1-5,8,10H2. The molecule has 1 N–H and O–H groups in total. The molecule has 2 aliphatic rings. The first-order valence-corrected chi connectivity index (χ1v) is 6.88. The third-order valence-electron chi connectivity index (χ3n) is 3.86. The molecule has 1 aliphatic carbocycles. The number of hydrogen-bond acceptors (Lipinski definition) is 3. The molecule has 1 saturated heterocycles. The van der Waals surface area contributed by atoms with Crippen molar-refractivity contribution >= 4 is 0 Å². The van der Waals surface area contributed by atoms with Crippen LogP contribution in [-0.4, -0.2) is 24.4 Å². The summed E-state index contributed by atoms with van der Waals surface area (Å²) >= 11 is 0. The summed E-state index contributed by atoms with van der Waals surface area (Å²) in [6, 6.07) is 6.04. The quantitative estimate of drug-likeness (QED) is 0.893. The van der Waals surface area contributed by atoms with Crippen molar-refractivity contribution in [3.63, 3.8) is 0 Å². The molecule has 1 heterocycles. The van der Waals surface area contributed by atoms with Gasteiger partial charge in [0.05, 0.1) is 12.2 Å². The molecule has 2 atom stereocenters. The first-order valence-electron chi connectivity index (χ1n) is 6.88. The van der Waals surface area contributed by atoms with Crippen LogP contribution in [0.5, 0.6) is 5.75 Å². The molecule has 0 amide bonds. The molecule has 98 valence electrons. The number of hydrogen-bond donors (Lipinski definition) is 1. The number of benzene rings is 1. The van der Waals surface area contributed by atoms with Gasteiger partial charge in [0.25, 0.3) is 0 Å². The molecule has 3 rings (SSSR count). The van der Waals surface area contributed by atoms with Crippen molar-refractivity contribution in [3.05, 3.63) is 29.3 Å². The summed E-state index contributed by atoms with van der Waals surface area (Å²) in [6.07, 6.45) is 5.19. The largest absolute Gasteiger partial charge is 0.491 e. The Morgan fingerprint density at radius 1 is 1.28 bits per heavy atom. The maximum absolute atomic E-state index is 9.89. The van der Waals surface area contributed by atoms with Crippen LogP contribution in [0.1, 0.15) is 42.9 Å². The summed E-state index contributed by atoms with van der Waals surface area (Å²) in [5.74, 6) is 0.901. The summed E-state index contributed by atoms with van der Waals surface area (Å²) in [5, 5.41) is 9.89. The molecule has 0 aromatic heterocycles. The highest BCUT2D eigenvalue weighted by Gasteiger charge is 2.19. The van der Waals surface area contributed by atoms with Gasteiger partial charge in [-0.05, 0) is 55.4 Å². The summed E-state index contributed by atoms with van der Waals surface area (Å²) < 4.78 is 11.3. The van der Waals surface area contributed by atoms with E-state index in [1.54, 1.807) is 0 Å². The summed E-state index contributed by atoms with van der Waals surface area (Å²) in [5.41, 5.74) is 2.31. The van der Waals surface area contributed by atoms with Crippen LogP contribution in [0, 0.1) is 0 Å². The molecule has 3 nitrogen and oxygen atoms in total. The Labute approximate surface area is 108 Å². The third kappa shape index (κ3) is 2.52. The van der Waals surface area contributed by atoms with Gasteiger partial charge >= 0.3 is 0 Å². The van der Waals surface area contributed by atoms with Crippen molar-refractivity contribution in [2.75, 3.05) is 13.2 Å². The van der Waals surface area contributed by atoms with E-state index < -0.39 is 0 Å². The van der Waals surface area contributed by atoms with Crippen LogP contribution in [0.3, 0.4) is 0 Å². The topological polar surface area (TPSA) is 38.7 Å². The number of ether oxygens (including phenoxy) is 2. The number of rotatable bonds is 3. The fraction of sp³-hybridized carbons (Fsp3) is 0.600. The van der Waals surface area contributed by atoms with Crippen LogP contribution in [0.15, 0.2) is 18.2 Å². The molecule has 1 fully saturated rings. The molecular formula is C15H20O3. The molecule has 1 aromatic rings. The van der Waals surface area contributed by atoms with E-state index in [1.807, 2.05) is 12.1 Å². The smallest absolute Gasteiger partial charge is 0.119 e. The molecule has 0 spiro atoms. The van der Waals surface area contributed by atoms with E-state index in [2.05, 4.69) is 6.07 Å². The van der Waals surface area contributed by atoms with Crippen LogP contribution in [0.25, 0.3) is 0 Å². The Morgan fingerprint density at radius 3 is 3.06 bits per heavy atom. The zero-order valence-corrected chi connectivity index (χ0v) is 10.6. The van der Waals surface area contributed by atoms with E-state index in [1.165, 1.54) is 5.56 Å². The van der Waals surface area contributed by atoms with Gasteiger partial charge in [-0.2, -0.15) is 0 Å². The third-order valence-corrected chi connectivity index (χ3v) is 3.86. The van der Waals surface area contributed by atoms with Gasteiger partial charge in [-0.1, -0.05) is 6.07 Å². The fourth-order valence-electron chi connectivity index (χ4n) is 2.82. The Balaban J connectivity index is 1.66. The lowest BCUT2D eigenvalue weighted by Crippen LogP contribution is -2.16. The average Bonchev–Trinajstić information content (AvgIpc) is 2.90. The molecule has 18 heavy (non-hydrogen) atoms. The Morgan fingerprint density at radius 2 is 2.22 bits per heavy atom. The van der Waals surface area contributed by atoms with Crippen LogP contribution in [0.2, 0.25) is 0 Å².